The van der Waals surface area contributed by atoms with Crippen molar-refractivity contribution in [3.8, 4) is 0 Å². The van der Waals surface area contributed by atoms with E-state index < -0.39 is 5.97 Å². The van der Waals surface area contributed by atoms with E-state index in [1.54, 1.807) is 24.3 Å². The molecule has 0 aliphatic heterocycles. The van der Waals surface area contributed by atoms with E-state index in [0.29, 0.717) is 11.4 Å². The summed E-state index contributed by atoms with van der Waals surface area (Å²) in [5.74, 6) is -1.06. The summed E-state index contributed by atoms with van der Waals surface area (Å²) in [4.78, 5) is 22.3. The second kappa shape index (κ2) is 5.92. The van der Waals surface area contributed by atoms with Gasteiger partial charge in [0.25, 0.3) is 0 Å². The molecule has 4 N–H and O–H groups in total. The van der Waals surface area contributed by atoms with E-state index in [1.807, 2.05) is 0 Å². The highest BCUT2D eigenvalue weighted by Crippen LogP contribution is 2.08. The van der Waals surface area contributed by atoms with Gasteiger partial charge < -0.3 is 20.6 Å². The lowest BCUT2D eigenvalue weighted by molar-refractivity contribution is -0.120. The summed E-state index contributed by atoms with van der Waals surface area (Å²) in [6.07, 6.45) is 0.229. The Morgan fingerprint density at radius 3 is 2.45 bits per heavy atom. The number of carbonyl (C=O) groups excluding carboxylic acids is 1. The molecule has 0 unspecified atom stereocenters. The van der Waals surface area contributed by atoms with E-state index in [1.165, 1.54) is 12.1 Å². The molecular formula is C14H14N2O4. The van der Waals surface area contributed by atoms with Gasteiger partial charge in [0.1, 0.15) is 5.76 Å². The summed E-state index contributed by atoms with van der Waals surface area (Å²) in [6.45, 7) is 0.154. The van der Waals surface area contributed by atoms with Crippen LogP contribution in [0.5, 0.6) is 0 Å². The van der Waals surface area contributed by atoms with Crippen LogP contribution in [0.15, 0.2) is 40.8 Å². The molecule has 1 amide bonds. The normalized spacial score (nSPS) is 10.2. The molecule has 0 saturated heterocycles. The van der Waals surface area contributed by atoms with E-state index in [2.05, 4.69) is 5.32 Å². The molecule has 0 radical (unpaired) electrons. The zero-order valence-electron chi connectivity index (χ0n) is 10.6. The van der Waals surface area contributed by atoms with Crippen LogP contribution in [0.25, 0.3) is 0 Å². The summed E-state index contributed by atoms with van der Waals surface area (Å²) in [6, 6.07) is 9.90. The number of nitrogens with one attached hydrogen (secondary N) is 1. The van der Waals surface area contributed by atoms with Gasteiger partial charge in [0, 0.05) is 5.69 Å². The Morgan fingerprint density at radius 1 is 1.15 bits per heavy atom. The van der Waals surface area contributed by atoms with Gasteiger partial charge in [-0.15, -0.1) is 0 Å². The highest BCUT2D eigenvalue weighted by molar-refractivity contribution is 5.84. The van der Waals surface area contributed by atoms with E-state index in [-0.39, 0.29) is 24.6 Å². The zero-order chi connectivity index (χ0) is 14.5. The Morgan fingerprint density at radius 2 is 1.85 bits per heavy atom. The number of amides is 1. The van der Waals surface area contributed by atoms with Crippen LogP contribution in [-0.4, -0.2) is 17.0 Å². The lowest BCUT2D eigenvalue weighted by Gasteiger charge is -2.04. The lowest BCUT2D eigenvalue weighted by Crippen LogP contribution is -2.24. The maximum atomic E-state index is 11.7. The third-order valence-electron chi connectivity index (χ3n) is 2.68. The second-order valence-corrected chi connectivity index (χ2v) is 4.27. The van der Waals surface area contributed by atoms with Crippen molar-refractivity contribution >= 4 is 17.6 Å². The summed E-state index contributed by atoms with van der Waals surface area (Å²) < 4.78 is 5.03. The fourth-order valence-electron chi connectivity index (χ4n) is 1.66. The number of benzene rings is 1. The van der Waals surface area contributed by atoms with Crippen LogP contribution in [0.4, 0.5) is 5.69 Å². The number of hydrogen-bond donors (Lipinski definition) is 3. The van der Waals surface area contributed by atoms with Gasteiger partial charge >= 0.3 is 5.97 Å². The maximum Gasteiger partial charge on any atom is 0.371 e. The maximum absolute atomic E-state index is 11.7. The molecule has 20 heavy (non-hydrogen) atoms. The topological polar surface area (TPSA) is 106 Å². The molecule has 2 rings (SSSR count). The summed E-state index contributed by atoms with van der Waals surface area (Å²) in [7, 11) is 0. The number of carboxylic acids is 1. The Balaban J connectivity index is 1.85. The Kier molecular flexibility index (Phi) is 4.05. The van der Waals surface area contributed by atoms with Crippen LogP contribution < -0.4 is 11.1 Å². The molecule has 1 heterocycles. The number of carbonyl (C=O) groups is 2. The summed E-state index contributed by atoms with van der Waals surface area (Å²) in [5, 5.41) is 11.4. The van der Waals surface area contributed by atoms with Gasteiger partial charge in [-0.3, -0.25) is 4.79 Å². The van der Waals surface area contributed by atoms with E-state index >= 15 is 0 Å². The fraction of sp³-hybridized carbons (Fsp3) is 0.143. The Hall–Kier alpha value is -2.76. The smallest absolute Gasteiger partial charge is 0.371 e. The molecule has 0 fully saturated rings. The quantitative estimate of drug-likeness (QED) is 0.715. The predicted octanol–water partition coefficient (Wildman–Crippen LogP) is 1.42. The molecule has 0 aliphatic rings. The summed E-state index contributed by atoms with van der Waals surface area (Å²) >= 11 is 0. The highest BCUT2D eigenvalue weighted by Gasteiger charge is 2.10. The average Bonchev–Trinajstić information content (AvgIpc) is 2.88. The fourth-order valence-corrected chi connectivity index (χ4v) is 1.66. The average molecular weight is 274 g/mol. The minimum atomic E-state index is -1.13. The van der Waals surface area contributed by atoms with Crippen molar-refractivity contribution in [2.24, 2.45) is 0 Å². The van der Waals surface area contributed by atoms with E-state index in [0.717, 1.165) is 5.56 Å². The van der Waals surface area contributed by atoms with Crippen molar-refractivity contribution in [1.29, 1.82) is 0 Å². The number of carboxylic acid groups (broad SMARTS) is 1. The van der Waals surface area contributed by atoms with Crippen molar-refractivity contribution < 1.29 is 19.1 Å². The van der Waals surface area contributed by atoms with Gasteiger partial charge in [-0.2, -0.15) is 0 Å². The molecule has 104 valence electrons. The van der Waals surface area contributed by atoms with Crippen LogP contribution in [0.1, 0.15) is 21.9 Å². The Labute approximate surface area is 115 Å². The van der Waals surface area contributed by atoms with Gasteiger partial charge in [-0.1, -0.05) is 12.1 Å². The highest BCUT2D eigenvalue weighted by atomic mass is 16.4. The number of rotatable bonds is 5. The number of nitrogens with two attached hydrogens (primary N) is 1. The van der Waals surface area contributed by atoms with Crippen molar-refractivity contribution in [2.45, 2.75) is 13.0 Å². The molecule has 0 aliphatic carbocycles. The third-order valence-corrected chi connectivity index (χ3v) is 2.68. The van der Waals surface area contributed by atoms with Crippen molar-refractivity contribution in [3.05, 3.63) is 53.5 Å². The monoisotopic (exact) mass is 274 g/mol. The summed E-state index contributed by atoms with van der Waals surface area (Å²) in [5.41, 5.74) is 7.05. The largest absolute Gasteiger partial charge is 0.475 e. The number of furan rings is 1. The first kappa shape index (κ1) is 13.7. The minimum Gasteiger partial charge on any atom is -0.475 e. The van der Waals surface area contributed by atoms with Crippen molar-refractivity contribution in [3.63, 3.8) is 0 Å². The van der Waals surface area contributed by atoms with Gasteiger partial charge in [0.05, 0.1) is 13.0 Å². The standard InChI is InChI=1S/C14H14N2O4/c15-10-3-1-9(2-4-10)7-13(17)16-8-11-5-6-12(20-11)14(18)19/h1-6H,7-8,15H2,(H,16,17)(H,18,19). The molecule has 0 atom stereocenters. The van der Waals surface area contributed by atoms with Crippen LogP contribution in [0.2, 0.25) is 0 Å². The molecule has 6 heteroatoms. The first-order chi connectivity index (χ1) is 9.54. The molecule has 1 aromatic heterocycles. The molecule has 6 nitrogen and oxygen atoms in total. The van der Waals surface area contributed by atoms with Gasteiger partial charge in [-0.05, 0) is 29.8 Å². The first-order valence-corrected chi connectivity index (χ1v) is 5.98. The second-order valence-electron chi connectivity index (χ2n) is 4.27. The molecule has 1 aromatic carbocycles. The van der Waals surface area contributed by atoms with Crippen molar-refractivity contribution in [1.82, 2.24) is 5.32 Å². The number of nitrogen functional groups attached to an aromatic ring is 1. The van der Waals surface area contributed by atoms with E-state index in [4.69, 9.17) is 15.3 Å². The zero-order valence-corrected chi connectivity index (χ0v) is 10.6. The van der Waals surface area contributed by atoms with Gasteiger partial charge in [0.15, 0.2) is 0 Å². The predicted molar refractivity (Wildman–Crippen MR) is 72.1 cm³/mol. The molecular weight excluding hydrogens is 260 g/mol. The third kappa shape index (κ3) is 3.61. The van der Waals surface area contributed by atoms with E-state index in [9.17, 15) is 9.59 Å². The molecule has 0 bridgehead atoms. The van der Waals surface area contributed by atoms with Crippen LogP contribution in [-0.2, 0) is 17.8 Å². The molecule has 2 aromatic rings. The number of hydrogen-bond acceptors (Lipinski definition) is 4. The first-order valence-electron chi connectivity index (χ1n) is 5.98. The van der Waals surface area contributed by atoms with Crippen LogP contribution in [0.3, 0.4) is 0 Å². The lowest BCUT2D eigenvalue weighted by atomic mass is 10.1. The molecule has 0 spiro atoms. The van der Waals surface area contributed by atoms with Gasteiger partial charge in [0.2, 0.25) is 11.7 Å². The minimum absolute atomic E-state index is 0.146. The molecule has 0 saturated carbocycles. The van der Waals surface area contributed by atoms with Crippen LogP contribution >= 0.6 is 0 Å². The van der Waals surface area contributed by atoms with Crippen molar-refractivity contribution in [2.75, 3.05) is 5.73 Å². The van der Waals surface area contributed by atoms with Crippen LogP contribution in [0, 0.1) is 0 Å². The Bertz CT molecular complexity index is 616. The van der Waals surface area contributed by atoms with Gasteiger partial charge in [-0.25, -0.2) is 4.79 Å². The SMILES string of the molecule is Nc1ccc(CC(=O)NCc2ccc(C(=O)O)o2)cc1. The number of anilines is 1. The number of aromatic carboxylic acids is 1.